The summed E-state index contributed by atoms with van der Waals surface area (Å²) in [5.41, 5.74) is 4.48. The van der Waals surface area contributed by atoms with E-state index in [0.29, 0.717) is 11.6 Å². The summed E-state index contributed by atoms with van der Waals surface area (Å²) < 4.78 is 5.93. The Kier molecular flexibility index (Phi) is 4.99. The molecule has 0 radical (unpaired) electrons. The highest BCUT2D eigenvalue weighted by atomic mass is 35.5. The molecule has 3 nitrogen and oxygen atoms in total. The molecular formula is C16H19ClN2O. The maximum Gasteiger partial charge on any atom is 0.125 e. The number of hydrogen-bond donors (Lipinski definition) is 1. The van der Waals surface area contributed by atoms with Crippen LogP contribution in [0.5, 0.6) is 5.75 Å². The van der Waals surface area contributed by atoms with Crippen molar-refractivity contribution in [3.8, 4) is 5.75 Å². The van der Waals surface area contributed by atoms with Gasteiger partial charge in [0.15, 0.2) is 0 Å². The van der Waals surface area contributed by atoms with Crippen molar-refractivity contribution in [3.63, 3.8) is 0 Å². The molecule has 0 unspecified atom stereocenters. The highest BCUT2D eigenvalue weighted by Crippen LogP contribution is 2.26. The molecule has 0 amide bonds. The molecule has 1 aromatic carbocycles. The van der Waals surface area contributed by atoms with E-state index in [1.54, 1.807) is 12.4 Å². The number of nitrogens with one attached hydrogen (secondary N) is 1. The second kappa shape index (κ2) is 6.73. The first kappa shape index (κ1) is 14.8. The predicted molar refractivity (Wildman–Crippen MR) is 82.3 cm³/mol. The van der Waals surface area contributed by atoms with Gasteiger partial charge >= 0.3 is 0 Å². The Morgan fingerprint density at radius 2 is 1.95 bits per heavy atom. The summed E-state index contributed by atoms with van der Waals surface area (Å²) in [6.07, 6.45) is 3.36. The summed E-state index contributed by atoms with van der Waals surface area (Å²) in [7, 11) is 1.94. The van der Waals surface area contributed by atoms with Crippen LogP contribution in [0.3, 0.4) is 0 Å². The van der Waals surface area contributed by atoms with E-state index in [1.807, 2.05) is 13.1 Å². The molecule has 0 bridgehead atoms. The van der Waals surface area contributed by atoms with Gasteiger partial charge in [0.05, 0.1) is 5.02 Å². The van der Waals surface area contributed by atoms with Crippen molar-refractivity contribution in [2.75, 3.05) is 7.05 Å². The number of benzene rings is 1. The lowest BCUT2D eigenvalue weighted by atomic mass is 10.1. The Balaban J connectivity index is 2.16. The van der Waals surface area contributed by atoms with Crippen LogP contribution < -0.4 is 10.1 Å². The van der Waals surface area contributed by atoms with Crippen LogP contribution in [0.1, 0.15) is 22.3 Å². The number of ether oxygens (including phenoxy) is 1. The molecule has 0 aliphatic heterocycles. The zero-order valence-electron chi connectivity index (χ0n) is 12.0. The molecule has 4 heteroatoms. The van der Waals surface area contributed by atoms with Crippen molar-refractivity contribution in [2.24, 2.45) is 0 Å². The summed E-state index contributed by atoms with van der Waals surface area (Å²) in [5.74, 6) is 0.928. The van der Waals surface area contributed by atoms with Crippen molar-refractivity contribution in [2.45, 2.75) is 27.0 Å². The first-order chi connectivity index (χ1) is 9.61. The molecule has 0 fully saturated rings. The monoisotopic (exact) mass is 290 g/mol. The Hall–Kier alpha value is -1.58. The summed E-state index contributed by atoms with van der Waals surface area (Å²) >= 11 is 6.09. The van der Waals surface area contributed by atoms with Gasteiger partial charge in [0.1, 0.15) is 12.4 Å². The van der Waals surface area contributed by atoms with Gasteiger partial charge in [-0.2, -0.15) is 0 Å². The third kappa shape index (κ3) is 3.50. The van der Waals surface area contributed by atoms with Crippen molar-refractivity contribution < 1.29 is 4.74 Å². The Morgan fingerprint density at radius 1 is 1.25 bits per heavy atom. The standard InChI is InChI=1S/C16H19ClN2O/c1-11-6-13(8-18-3)7-12(2)16(11)20-10-14-4-5-19-9-15(14)17/h4-7,9,18H,8,10H2,1-3H3. The molecule has 106 valence electrons. The second-order valence-corrected chi connectivity index (χ2v) is 5.25. The van der Waals surface area contributed by atoms with E-state index in [9.17, 15) is 0 Å². The number of aryl methyl sites for hydroxylation is 2. The second-order valence-electron chi connectivity index (χ2n) is 4.84. The lowest BCUT2D eigenvalue weighted by Crippen LogP contribution is -2.06. The fraction of sp³-hybridized carbons (Fsp3) is 0.312. The van der Waals surface area contributed by atoms with Crippen molar-refractivity contribution in [3.05, 3.63) is 57.9 Å². The molecule has 2 rings (SSSR count). The van der Waals surface area contributed by atoms with E-state index in [0.717, 1.165) is 29.0 Å². The Labute approximate surface area is 124 Å². The summed E-state index contributed by atoms with van der Waals surface area (Å²) in [5, 5.41) is 3.79. The number of hydrogen-bond acceptors (Lipinski definition) is 3. The molecule has 0 atom stereocenters. The molecular weight excluding hydrogens is 272 g/mol. The lowest BCUT2D eigenvalue weighted by molar-refractivity contribution is 0.302. The number of halogens is 1. The van der Waals surface area contributed by atoms with Gasteiger partial charge in [-0.05, 0) is 43.7 Å². The fourth-order valence-electron chi connectivity index (χ4n) is 2.24. The number of nitrogens with zero attached hydrogens (tertiary/aromatic N) is 1. The Bertz CT molecular complexity index is 576. The average Bonchev–Trinajstić information content (AvgIpc) is 2.40. The van der Waals surface area contributed by atoms with E-state index in [4.69, 9.17) is 16.3 Å². The van der Waals surface area contributed by atoms with Gasteiger partial charge < -0.3 is 10.1 Å². The minimum atomic E-state index is 0.453. The number of aromatic nitrogens is 1. The predicted octanol–water partition coefficient (Wildman–Crippen LogP) is 3.65. The van der Waals surface area contributed by atoms with E-state index >= 15 is 0 Å². The third-order valence-electron chi connectivity index (χ3n) is 3.13. The van der Waals surface area contributed by atoms with Crippen molar-refractivity contribution >= 4 is 11.6 Å². The highest BCUT2D eigenvalue weighted by molar-refractivity contribution is 6.31. The maximum absolute atomic E-state index is 6.09. The third-order valence-corrected chi connectivity index (χ3v) is 3.47. The summed E-state index contributed by atoms with van der Waals surface area (Å²) in [6.45, 7) is 5.44. The van der Waals surface area contributed by atoms with Gasteiger partial charge in [-0.3, -0.25) is 4.98 Å². The quantitative estimate of drug-likeness (QED) is 0.913. The molecule has 2 aromatic rings. The van der Waals surface area contributed by atoms with Crippen LogP contribution in [0.15, 0.2) is 30.6 Å². The van der Waals surface area contributed by atoms with Gasteiger partial charge in [0, 0.05) is 24.5 Å². The molecule has 20 heavy (non-hydrogen) atoms. The van der Waals surface area contributed by atoms with Crippen LogP contribution in [0.25, 0.3) is 0 Å². The highest BCUT2D eigenvalue weighted by Gasteiger charge is 2.08. The van der Waals surface area contributed by atoms with E-state index in [-0.39, 0.29) is 0 Å². The summed E-state index contributed by atoms with van der Waals surface area (Å²) in [6, 6.07) is 6.17. The first-order valence-corrected chi connectivity index (χ1v) is 6.95. The SMILES string of the molecule is CNCc1cc(C)c(OCc2ccncc2Cl)c(C)c1. The van der Waals surface area contributed by atoms with Crippen LogP contribution in [0, 0.1) is 13.8 Å². The van der Waals surface area contributed by atoms with Gasteiger partial charge in [0.2, 0.25) is 0 Å². The number of rotatable bonds is 5. The molecule has 0 aliphatic rings. The van der Waals surface area contributed by atoms with Gasteiger partial charge in [0.25, 0.3) is 0 Å². The fourth-order valence-corrected chi connectivity index (χ4v) is 2.42. The molecule has 1 N–H and O–H groups in total. The largest absolute Gasteiger partial charge is 0.488 e. The summed E-state index contributed by atoms with van der Waals surface area (Å²) in [4.78, 5) is 3.97. The normalized spacial score (nSPS) is 10.6. The topological polar surface area (TPSA) is 34.1 Å². The van der Waals surface area contributed by atoms with Crippen molar-refractivity contribution in [1.29, 1.82) is 0 Å². The molecule has 0 aliphatic carbocycles. The van der Waals surface area contributed by atoms with Gasteiger partial charge in [-0.1, -0.05) is 23.7 Å². The van der Waals surface area contributed by atoms with E-state index in [2.05, 4.69) is 36.3 Å². The lowest BCUT2D eigenvalue weighted by Gasteiger charge is -2.14. The van der Waals surface area contributed by atoms with Crippen LogP contribution in [-0.4, -0.2) is 12.0 Å². The molecule has 1 heterocycles. The molecule has 0 spiro atoms. The molecule has 0 saturated carbocycles. The first-order valence-electron chi connectivity index (χ1n) is 6.57. The van der Waals surface area contributed by atoms with Crippen molar-refractivity contribution in [1.82, 2.24) is 10.3 Å². The zero-order valence-corrected chi connectivity index (χ0v) is 12.8. The molecule has 0 saturated heterocycles. The van der Waals surface area contributed by atoms with Gasteiger partial charge in [-0.25, -0.2) is 0 Å². The minimum absolute atomic E-state index is 0.453. The van der Waals surface area contributed by atoms with Crippen LogP contribution in [-0.2, 0) is 13.2 Å². The zero-order chi connectivity index (χ0) is 14.5. The van der Waals surface area contributed by atoms with Crippen LogP contribution in [0.2, 0.25) is 5.02 Å². The van der Waals surface area contributed by atoms with E-state index in [1.165, 1.54) is 5.56 Å². The number of pyridine rings is 1. The maximum atomic E-state index is 6.09. The smallest absolute Gasteiger partial charge is 0.125 e. The van der Waals surface area contributed by atoms with Crippen LogP contribution in [0.4, 0.5) is 0 Å². The molecule has 1 aromatic heterocycles. The average molecular weight is 291 g/mol. The minimum Gasteiger partial charge on any atom is -0.488 e. The van der Waals surface area contributed by atoms with Crippen LogP contribution >= 0.6 is 11.6 Å². The van der Waals surface area contributed by atoms with E-state index < -0.39 is 0 Å². The van der Waals surface area contributed by atoms with Gasteiger partial charge in [-0.15, -0.1) is 0 Å². The Morgan fingerprint density at radius 3 is 2.55 bits per heavy atom.